The Hall–Kier alpha value is -5.38. The van der Waals surface area contributed by atoms with Crippen LogP contribution < -0.4 is 9.91 Å². The number of anilines is 2. The largest absolute Gasteiger partial charge is 0.394 e. The van der Waals surface area contributed by atoms with E-state index < -0.39 is 17.4 Å². The van der Waals surface area contributed by atoms with Crippen molar-refractivity contribution in [1.82, 2.24) is 4.90 Å². The first-order valence-corrected chi connectivity index (χ1v) is 17.1. The van der Waals surface area contributed by atoms with Crippen molar-refractivity contribution in [3.8, 4) is 0 Å². The van der Waals surface area contributed by atoms with Crippen molar-refractivity contribution in [3.05, 3.63) is 143 Å². The van der Waals surface area contributed by atoms with Crippen LogP contribution in [0.4, 0.5) is 11.4 Å². The summed E-state index contributed by atoms with van der Waals surface area (Å²) in [7, 11) is 0. The van der Waals surface area contributed by atoms with Gasteiger partial charge in [0.25, 0.3) is 5.91 Å². The molecule has 50 heavy (non-hydrogen) atoms. The van der Waals surface area contributed by atoms with Crippen molar-refractivity contribution in [2.24, 2.45) is 11.0 Å². The summed E-state index contributed by atoms with van der Waals surface area (Å²) < 4.78 is 0. The summed E-state index contributed by atoms with van der Waals surface area (Å²) in [5.74, 6) is -1.53. The average Bonchev–Trinajstić information content (AvgIpc) is 3.37. The van der Waals surface area contributed by atoms with Crippen LogP contribution in [0, 0.1) is 5.92 Å². The van der Waals surface area contributed by atoms with E-state index in [1.54, 1.807) is 47.1 Å². The average molecular weight is 669 g/mol. The zero-order valence-corrected chi connectivity index (χ0v) is 28.0. The molecule has 4 aromatic carbocycles. The lowest BCUT2D eigenvalue weighted by molar-refractivity contribution is -0.139. The first kappa shape index (κ1) is 33.1. The van der Waals surface area contributed by atoms with E-state index in [9.17, 15) is 24.6 Å². The van der Waals surface area contributed by atoms with Gasteiger partial charge in [-0.2, -0.15) is 5.10 Å². The van der Waals surface area contributed by atoms with E-state index in [4.69, 9.17) is 5.10 Å². The van der Waals surface area contributed by atoms with Crippen molar-refractivity contribution in [2.45, 2.75) is 57.3 Å². The molecule has 0 saturated heterocycles. The molecule has 2 N–H and O–H groups in total. The van der Waals surface area contributed by atoms with Gasteiger partial charge < -0.3 is 20.0 Å². The van der Waals surface area contributed by atoms with Crippen LogP contribution >= 0.6 is 0 Å². The molecule has 3 atom stereocenters. The molecular formula is C41H40N4O5. The zero-order chi connectivity index (χ0) is 34.8. The number of rotatable bonds is 9. The molecule has 0 aromatic heterocycles. The first-order valence-electron chi connectivity index (χ1n) is 17.1. The Balaban J connectivity index is 1.18. The Morgan fingerprint density at radius 2 is 1.64 bits per heavy atom. The summed E-state index contributed by atoms with van der Waals surface area (Å²) in [6, 6.07) is 32.1. The molecule has 3 aliphatic heterocycles. The number of fused-ring (bicyclic) bond motifs is 2. The zero-order valence-electron chi connectivity index (χ0n) is 28.0. The van der Waals surface area contributed by atoms with Crippen molar-refractivity contribution in [2.75, 3.05) is 16.5 Å². The number of hydrogen-bond acceptors (Lipinski definition) is 6. The second kappa shape index (κ2) is 13.9. The lowest BCUT2D eigenvalue weighted by Crippen LogP contribution is -2.46. The number of aliphatic hydroxyl groups is 2. The maximum atomic E-state index is 14.3. The number of hydrazone groups is 1. The molecule has 4 aromatic rings. The first-order chi connectivity index (χ1) is 24.3. The molecule has 9 heteroatoms. The fraction of sp³-hybridized carbons (Fsp3) is 0.268. The molecule has 3 amide bonds. The van der Waals surface area contributed by atoms with Crippen LogP contribution in [0.15, 0.2) is 120 Å². The third kappa shape index (κ3) is 6.14. The highest BCUT2D eigenvalue weighted by Gasteiger charge is 2.53. The predicted octanol–water partition coefficient (Wildman–Crippen LogP) is 5.48. The number of hydrogen-bond donors (Lipinski definition) is 2. The minimum absolute atomic E-state index is 0.0488. The van der Waals surface area contributed by atoms with Crippen LogP contribution in [-0.4, -0.2) is 51.2 Å². The molecule has 0 unspecified atom stereocenters. The van der Waals surface area contributed by atoms with Gasteiger partial charge in [-0.05, 0) is 46.9 Å². The summed E-state index contributed by atoms with van der Waals surface area (Å²) >= 11 is 0. The highest BCUT2D eigenvalue weighted by Crippen LogP contribution is 2.47. The molecule has 0 radical (unpaired) electrons. The molecular weight excluding hydrogens is 628 g/mol. The highest BCUT2D eigenvalue weighted by molar-refractivity contribution is 6.10. The van der Waals surface area contributed by atoms with Gasteiger partial charge in [0.2, 0.25) is 11.8 Å². The van der Waals surface area contributed by atoms with Crippen molar-refractivity contribution in [1.29, 1.82) is 0 Å². The van der Waals surface area contributed by atoms with Gasteiger partial charge in [0.15, 0.2) is 5.60 Å². The summed E-state index contributed by atoms with van der Waals surface area (Å²) in [6.07, 6.45) is 4.83. The fourth-order valence-corrected chi connectivity index (χ4v) is 7.25. The van der Waals surface area contributed by atoms with Crippen LogP contribution in [-0.2, 0) is 39.5 Å². The van der Waals surface area contributed by atoms with E-state index in [0.717, 1.165) is 28.0 Å². The topological polar surface area (TPSA) is 114 Å². The Morgan fingerprint density at radius 1 is 0.940 bits per heavy atom. The lowest BCUT2D eigenvalue weighted by Gasteiger charge is -2.36. The highest BCUT2D eigenvalue weighted by atomic mass is 16.3. The second-order valence-electron chi connectivity index (χ2n) is 13.2. The maximum absolute atomic E-state index is 14.3. The van der Waals surface area contributed by atoms with Gasteiger partial charge in [0.05, 0.1) is 36.3 Å². The van der Waals surface area contributed by atoms with E-state index in [-0.39, 0.29) is 43.8 Å². The molecule has 254 valence electrons. The number of nitrogens with zero attached hydrogens (tertiary/aromatic N) is 4. The minimum atomic E-state index is -1.97. The van der Waals surface area contributed by atoms with Crippen LogP contribution in [0.5, 0.6) is 0 Å². The van der Waals surface area contributed by atoms with Crippen molar-refractivity contribution >= 4 is 34.8 Å². The number of carbonyl (C=O) groups excluding carboxylic acids is 3. The quantitative estimate of drug-likeness (QED) is 0.230. The second-order valence-corrected chi connectivity index (χ2v) is 13.2. The van der Waals surface area contributed by atoms with E-state index >= 15 is 0 Å². The Morgan fingerprint density at radius 3 is 2.38 bits per heavy atom. The molecule has 0 aliphatic carbocycles. The Kier molecular flexibility index (Phi) is 9.18. The van der Waals surface area contributed by atoms with Gasteiger partial charge in [-0.15, -0.1) is 0 Å². The Bertz CT molecular complexity index is 1980. The van der Waals surface area contributed by atoms with Crippen molar-refractivity contribution < 1.29 is 24.6 Å². The molecule has 9 nitrogen and oxygen atoms in total. The van der Waals surface area contributed by atoms with Crippen molar-refractivity contribution in [3.63, 3.8) is 0 Å². The summed E-state index contributed by atoms with van der Waals surface area (Å²) in [5, 5.41) is 28.6. The van der Waals surface area contributed by atoms with Crippen LogP contribution in [0.1, 0.15) is 54.0 Å². The molecule has 0 fully saturated rings. The molecule has 7 rings (SSSR count). The van der Waals surface area contributed by atoms with Gasteiger partial charge in [0.1, 0.15) is 0 Å². The van der Waals surface area contributed by atoms with E-state index in [0.29, 0.717) is 36.3 Å². The molecule has 3 aliphatic rings. The van der Waals surface area contributed by atoms with E-state index in [1.807, 2.05) is 84.9 Å². The molecule has 0 spiro atoms. The fourth-order valence-electron chi connectivity index (χ4n) is 7.25. The van der Waals surface area contributed by atoms with E-state index in [2.05, 4.69) is 0 Å². The van der Waals surface area contributed by atoms with Crippen LogP contribution in [0.3, 0.4) is 0 Å². The monoisotopic (exact) mass is 668 g/mol. The summed E-state index contributed by atoms with van der Waals surface area (Å²) in [4.78, 5) is 44.2. The Labute approximate surface area is 291 Å². The van der Waals surface area contributed by atoms with Gasteiger partial charge in [-0.25, -0.2) is 5.01 Å². The van der Waals surface area contributed by atoms with Crippen LogP contribution in [0.2, 0.25) is 0 Å². The SMILES string of the molecule is C[C@@H](/C=C/CC(=O)N1Cc2ccccc2C[C@H]1CO)[C@]1(O)C(=O)N(Cc2ccccc2)c2ccc(N3N=C(c4ccccc4)CCC3=O)cc21. The normalized spacial score (nSPS) is 20.9. The number of amides is 3. The standard InChI is InChI=1S/C41H40N4O5/c1-28(11-10-18-38(47)43-26-32-17-9-8-16-31(32)23-34(43)27-46)41(50)35-24-33(45-39(48)22-20-36(42-45)30-14-6-3-7-15-30)19-21-37(35)44(40(41)49)25-29-12-4-2-5-13-29/h2-17,19,21,24,28,34,46,50H,18,20,22-23,25-27H2,1H3/b11-10+/t28-,34-,41+/m0/s1. The number of benzene rings is 4. The van der Waals surface area contributed by atoms with Gasteiger partial charge in [0, 0.05) is 37.3 Å². The molecule has 0 saturated carbocycles. The third-order valence-corrected chi connectivity index (χ3v) is 10.1. The van der Waals surface area contributed by atoms with Gasteiger partial charge in [-0.1, -0.05) is 104 Å². The maximum Gasteiger partial charge on any atom is 0.264 e. The van der Waals surface area contributed by atoms with E-state index in [1.165, 1.54) is 5.01 Å². The van der Waals surface area contributed by atoms with Gasteiger partial charge >= 0.3 is 0 Å². The third-order valence-electron chi connectivity index (χ3n) is 10.1. The minimum Gasteiger partial charge on any atom is -0.394 e. The van der Waals surface area contributed by atoms with Gasteiger partial charge in [-0.3, -0.25) is 14.4 Å². The summed E-state index contributed by atoms with van der Waals surface area (Å²) in [5.41, 5.74) is 4.23. The smallest absolute Gasteiger partial charge is 0.264 e. The number of carbonyl (C=O) groups is 3. The number of aliphatic hydroxyl groups excluding tert-OH is 1. The summed E-state index contributed by atoms with van der Waals surface area (Å²) in [6.45, 7) is 2.29. The lowest BCUT2D eigenvalue weighted by atomic mass is 9.82. The predicted molar refractivity (Wildman–Crippen MR) is 192 cm³/mol. The van der Waals surface area contributed by atoms with Crippen LogP contribution in [0.25, 0.3) is 0 Å². The molecule has 0 bridgehead atoms. The molecule has 3 heterocycles.